The molecule has 0 saturated carbocycles. The summed E-state index contributed by atoms with van der Waals surface area (Å²) < 4.78 is 31.7. The van der Waals surface area contributed by atoms with E-state index in [9.17, 15) is 23.1 Å². The van der Waals surface area contributed by atoms with E-state index in [1.807, 2.05) is 42.5 Å². The average Bonchev–Trinajstić information content (AvgIpc) is 3.13. The van der Waals surface area contributed by atoms with Crippen LogP contribution >= 0.6 is 0 Å². The fourth-order valence-electron chi connectivity index (χ4n) is 4.48. The molecule has 3 aromatic carbocycles. The van der Waals surface area contributed by atoms with Crippen molar-refractivity contribution >= 4 is 17.6 Å². The highest BCUT2D eigenvalue weighted by molar-refractivity contribution is 6.04. The number of phenols is 1. The molecule has 3 aromatic rings. The third-order valence-corrected chi connectivity index (χ3v) is 6.67. The number of rotatable bonds is 7. The Labute approximate surface area is 238 Å². The summed E-state index contributed by atoms with van der Waals surface area (Å²) >= 11 is 0. The van der Waals surface area contributed by atoms with Crippen LogP contribution in [0.25, 0.3) is 0 Å². The number of carboxylic acid groups (broad SMARTS) is 1. The number of carboxylic acids is 1. The van der Waals surface area contributed by atoms with Crippen LogP contribution in [-0.4, -0.2) is 64.2 Å². The lowest BCUT2D eigenvalue weighted by Gasteiger charge is -2.22. The minimum absolute atomic E-state index is 0.0766. The molecule has 41 heavy (non-hydrogen) atoms. The maximum absolute atomic E-state index is 12.8. The van der Waals surface area contributed by atoms with Crippen molar-refractivity contribution in [1.82, 2.24) is 9.80 Å². The number of amides is 1. The zero-order chi connectivity index (χ0) is 30.0. The summed E-state index contributed by atoms with van der Waals surface area (Å²) in [7, 11) is 0. The van der Waals surface area contributed by atoms with E-state index in [2.05, 4.69) is 53.2 Å². The number of nitrogens with one attached hydrogen (secondary N) is 1. The van der Waals surface area contributed by atoms with Gasteiger partial charge in [0.1, 0.15) is 5.75 Å². The molecule has 0 aliphatic carbocycles. The van der Waals surface area contributed by atoms with Crippen molar-refractivity contribution < 1.29 is 33.0 Å². The van der Waals surface area contributed by atoms with Crippen LogP contribution in [0.3, 0.4) is 0 Å². The number of halogens is 3. The second kappa shape index (κ2) is 14.7. The van der Waals surface area contributed by atoms with Gasteiger partial charge in [-0.15, -0.1) is 0 Å². The van der Waals surface area contributed by atoms with Crippen molar-refractivity contribution in [1.29, 1.82) is 0 Å². The number of benzene rings is 3. The second-order valence-corrected chi connectivity index (χ2v) is 10.3. The zero-order valence-electron chi connectivity index (χ0n) is 23.2. The summed E-state index contributed by atoms with van der Waals surface area (Å²) in [6.45, 7) is 10.1. The SMILES string of the molecule is CC(C)c1ccc(NC(=O)c2cccc(CN3CCCN(Cc4cccc(O)c4)CC3)c2)cc1.O=C(O)C(F)(F)F. The van der Waals surface area contributed by atoms with Crippen LogP contribution in [0.2, 0.25) is 0 Å². The minimum Gasteiger partial charge on any atom is -0.508 e. The Hall–Kier alpha value is -3.89. The van der Waals surface area contributed by atoms with Gasteiger partial charge in [0, 0.05) is 37.4 Å². The summed E-state index contributed by atoms with van der Waals surface area (Å²) in [5.41, 5.74) is 5.07. The molecule has 3 N–H and O–H groups in total. The molecule has 1 heterocycles. The number of alkyl halides is 3. The molecule has 0 bridgehead atoms. The number of anilines is 1. The molecular weight excluding hydrogens is 535 g/mol. The highest BCUT2D eigenvalue weighted by Gasteiger charge is 2.38. The van der Waals surface area contributed by atoms with E-state index in [1.54, 1.807) is 6.07 Å². The summed E-state index contributed by atoms with van der Waals surface area (Å²) in [6, 6.07) is 23.6. The predicted molar refractivity (Wildman–Crippen MR) is 152 cm³/mol. The van der Waals surface area contributed by atoms with Gasteiger partial charge in [-0.25, -0.2) is 4.79 Å². The van der Waals surface area contributed by atoms with Gasteiger partial charge in [0.15, 0.2) is 0 Å². The lowest BCUT2D eigenvalue weighted by molar-refractivity contribution is -0.192. The summed E-state index contributed by atoms with van der Waals surface area (Å²) in [4.78, 5) is 26.6. The number of carbonyl (C=O) groups is 2. The molecule has 1 aliphatic rings. The summed E-state index contributed by atoms with van der Waals surface area (Å²) in [5, 5.41) is 19.9. The highest BCUT2D eigenvalue weighted by atomic mass is 19.4. The maximum atomic E-state index is 12.8. The van der Waals surface area contributed by atoms with E-state index in [-0.39, 0.29) is 5.91 Å². The van der Waals surface area contributed by atoms with Crippen molar-refractivity contribution in [3.05, 3.63) is 95.1 Å². The second-order valence-electron chi connectivity index (χ2n) is 10.3. The first-order chi connectivity index (χ1) is 19.4. The molecule has 10 heteroatoms. The average molecular weight is 572 g/mol. The van der Waals surface area contributed by atoms with E-state index in [0.717, 1.165) is 62.5 Å². The van der Waals surface area contributed by atoms with E-state index >= 15 is 0 Å². The molecule has 0 unspecified atom stereocenters. The first-order valence-corrected chi connectivity index (χ1v) is 13.4. The molecule has 0 spiro atoms. The van der Waals surface area contributed by atoms with Crippen LogP contribution in [0.4, 0.5) is 18.9 Å². The molecule has 0 radical (unpaired) electrons. The predicted octanol–water partition coefficient (Wildman–Crippen LogP) is 6.11. The zero-order valence-corrected chi connectivity index (χ0v) is 23.2. The van der Waals surface area contributed by atoms with Gasteiger partial charge in [-0.3, -0.25) is 14.6 Å². The first kappa shape index (κ1) is 31.6. The summed E-state index contributed by atoms with van der Waals surface area (Å²) in [6.07, 6.45) is -3.98. The maximum Gasteiger partial charge on any atom is 0.490 e. The smallest absolute Gasteiger partial charge is 0.490 e. The molecule has 4 rings (SSSR count). The van der Waals surface area contributed by atoms with Gasteiger partial charge in [0.05, 0.1) is 0 Å². The number of phenolic OH excluding ortho intramolecular Hbond substituents is 1. The Bertz CT molecular complexity index is 1300. The van der Waals surface area contributed by atoms with Gasteiger partial charge in [-0.2, -0.15) is 13.2 Å². The standard InChI is InChI=1S/C29H35N3O2.C2HF3O2/c1-22(2)25-10-12-27(13-11-25)30-29(34)26-8-3-6-23(18-26)20-31-14-5-15-32(17-16-31)21-24-7-4-9-28(33)19-24;3-2(4,5)1(6)7/h3-4,6-13,18-19,22,33H,5,14-17,20-21H2,1-2H3,(H,30,34);(H,6,7). The quantitative estimate of drug-likeness (QED) is 0.317. The van der Waals surface area contributed by atoms with Gasteiger partial charge in [0.25, 0.3) is 5.91 Å². The van der Waals surface area contributed by atoms with Gasteiger partial charge in [-0.1, -0.05) is 50.2 Å². The number of aliphatic carboxylic acids is 1. The largest absolute Gasteiger partial charge is 0.508 e. The Morgan fingerprint density at radius 2 is 1.39 bits per heavy atom. The van der Waals surface area contributed by atoms with Gasteiger partial charge >= 0.3 is 12.1 Å². The number of hydrogen-bond donors (Lipinski definition) is 3. The Balaban J connectivity index is 0.000000587. The number of carbonyl (C=O) groups excluding carboxylic acids is 1. The molecule has 1 amide bonds. The van der Waals surface area contributed by atoms with Crippen molar-refractivity contribution in [2.45, 2.75) is 45.5 Å². The minimum atomic E-state index is -5.08. The first-order valence-electron chi connectivity index (χ1n) is 13.4. The van der Waals surface area contributed by atoms with Crippen LogP contribution in [0, 0.1) is 0 Å². The monoisotopic (exact) mass is 571 g/mol. The third-order valence-electron chi connectivity index (χ3n) is 6.67. The van der Waals surface area contributed by atoms with Crippen molar-refractivity contribution in [3.63, 3.8) is 0 Å². The van der Waals surface area contributed by atoms with E-state index < -0.39 is 12.1 Å². The van der Waals surface area contributed by atoms with E-state index in [0.29, 0.717) is 17.2 Å². The van der Waals surface area contributed by atoms with Gasteiger partial charge < -0.3 is 15.5 Å². The third kappa shape index (κ3) is 10.5. The van der Waals surface area contributed by atoms with Crippen LogP contribution < -0.4 is 5.32 Å². The lowest BCUT2D eigenvalue weighted by atomic mass is 10.0. The molecule has 0 aromatic heterocycles. The van der Waals surface area contributed by atoms with Crippen molar-refractivity contribution in [2.24, 2.45) is 0 Å². The molecule has 0 atom stereocenters. The van der Waals surface area contributed by atoms with Crippen LogP contribution in [0.5, 0.6) is 5.75 Å². The number of hydrogen-bond acceptors (Lipinski definition) is 5. The van der Waals surface area contributed by atoms with Crippen LogP contribution in [0.15, 0.2) is 72.8 Å². The van der Waals surface area contributed by atoms with Crippen molar-refractivity contribution in [2.75, 3.05) is 31.5 Å². The number of nitrogens with zero attached hydrogens (tertiary/aromatic N) is 2. The van der Waals surface area contributed by atoms with Crippen molar-refractivity contribution in [3.8, 4) is 5.75 Å². The van der Waals surface area contributed by atoms with E-state index in [4.69, 9.17) is 9.90 Å². The van der Waals surface area contributed by atoms with Gasteiger partial charge in [0.2, 0.25) is 0 Å². The Kier molecular flexibility index (Phi) is 11.3. The Morgan fingerprint density at radius 3 is 1.90 bits per heavy atom. The molecule has 7 nitrogen and oxygen atoms in total. The normalized spacial score (nSPS) is 14.6. The van der Waals surface area contributed by atoms with Gasteiger partial charge in [-0.05, 0) is 78.5 Å². The lowest BCUT2D eigenvalue weighted by Crippen LogP contribution is -2.30. The van der Waals surface area contributed by atoms with Crippen LogP contribution in [-0.2, 0) is 17.9 Å². The Morgan fingerprint density at radius 1 is 0.854 bits per heavy atom. The molecule has 1 saturated heterocycles. The molecule has 220 valence electrons. The van der Waals surface area contributed by atoms with E-state index in [1.165, 1.54) is 5.56 Å². The molecular formula is C31H36F3N3O4. The fraction of sp³-hybridized carbons (Fsp3) is 0.355. The number of aromatic hydroxyl groups is 1. The molecule has 1 fully saturated rings. The topological polar surface area (TPSA) is 93.1 Å². The fourth-order valence-corrected chi connectivity index (χ4v) is 4.48. The molecule has 1 aliphatic heterocycles. The van der Waals surface area contributed by atoms with Crippen LogP contribution in [0.1, 0.15) is 53.2 Å². The highest BCUT2D eigenvalue weighted by Crippen LogP contribution is 2.19. The summed E-state index contributed by atoms with van der Waals surface area (Å²) in [5.74, 6) is -2.04.